The molecule has 0 aliphatic heterocycles. The second kappa shape index (κ2) is 8.99. The van der Waals surface area contributed by atoms with E-state index < -0.39 is 0 Å². The number of aliphatic imine (C=N–C) groups is 1. The summed E-state index contributed by atoms with van der Waals surface area (Å²) < 4.78 is 3.96. The number of thiol groups is 1. The molecule has 0 aliphatic carbocycles. The summed E-state index contributed by atoms with van der Waals surface area (Å²) in [5.41, 5.74) is 10.2. The van der Waals surface area contributed by atoms with Crippen molar-refractivity contribution in [2.24, 2.45) is 16.5 Å². The number of hydrogen-bond acceptors (Lipinski definition) is 7. The largest absolute Gasteiger partial charge is 0.370 e. The molecule has 5 N–H and O–H groups in total. The summed E-state index contributed by atoms with van der Waals surface area (Å²) >= 11 is 3.29. The summed E-state index contributed by atoms with van der Waals surface area (Å²) in [5, 5.41) is 8.93. The monoisotopic (exact) mass is 226 g/mol. The van der Waals surface area contributed by atoms with Crippen LogP contribution in [0, 0.1) is 0 Å². The molecule has 0 rings (SSSR count). The summed E-state index contributed by atoms with van der Waals surface area (Å²) in [6.45, 7) is 0.792. The molecule has 0 unspecified atom stereocenters. The predicted octanol–water partition coefficient (Wildman–Crippen LogP) is -0.545. The van der Waals surface area contributed by atoms with E-state index in [0.717, 1.165) is 0 Å². The molecule has 0 aromatic rings. The van der Waals surface area contributed by atoms with E-state index in [1.54, 1.807) is 0 Å². The number of guanidine groups is 1. The maximum absolute atomic E-state index is 8.22. The van der Waals surface area contributed by atoms with Gasteiger partial charge in [0, 0.05) is 19.5 Å². The first-order valence-corrected chi connectivity index (χ1v) is 4.20. The first kappa shape index (κ1) is 13.4. The molecule has 0 aromatic heterocycles. The fraction of sp³-hybridized carbons (Fsp3) is 0.800. The molecular weight excluding hydrogens is 212 g/mol. The molecule has 0 aromatic carbocycles. The van der Waals surface area contributed by atoms with E-state index in [0.29, 0.717) is 24.6 Å². The molecule has 0 amide bonds. The Labute approximate surface area is 86.8 Å². The highest BCUT2D eigenvalue weighted by Crippen LogP contribution is 1.98. The second-order valence-electron chi connectivity index (χ2n) is 2.30. The van der Waals surface area contributed by atoms with Gasteiger partial charge in [0.15, 0.2) is 5.96 Å². The van der Waals surface area contributed by atoms with Gasteiger partial charge in [-0.3, -0.25) is 4.99 Å². The summed E-state index contributed by atoms with van der Waals surface area (Å²) in [7, 11) is 0. The van der Waals surface area contributed by atoms with Gasteiger partial charge in [-0.05, 0) is 18.1 Å². The molecule has 0 heterocycles. The van der Waals surface area contributed by atoms with Gasteiger partial charge in [-0.25, -0.2) is 5.26 Å². The minimum absolute atomic E-state index is 0.0511. The van der Waals surface area contributed by atoms with Gasteiger partial charge in [-0.2, -0.15) is 0 Å². The van der Waals surface area contributed by atoms with E-state index in [2.05, 4.69) is 32.2 Å². The van der Waals surface area contributed by atoms with Crippen LogP contribution in [0.25, 0.3) is 0 Å². The van der Waals surface area contributed by atoms with E-state index in [4.69, 9.17) is 16.7 Å². The van der Waals surface area contributed by atoms with Crippen LogP contribution in [0.3, 0.4) is 0 Å². The van der Waals surface area contributed by atoms with Gasteiger partial charge in [0.25, 0.3) is 0 Å². The molecule has 0 saturated heterocycles. The van der Waals surface area contributed by atoms with Crippen molar-refractivity contribution in [2.45, 2.75) is 12.8 Å². The van der Waals surface area contributed by atoms with E-state index in [1.165, 1.54) is 0 Å². The zero-order valence-corrected chi connectivity index (χ0v) is 8.39. The van der Waals surface area contributed by atoms with Crippen LogP contribution in [0.5, 0.6) is 0 Å². The molecule has 84 valence electrons. The lowest BCUT2D eigenvalue weighted by atomic mass is 10.3. The van der Waals surface area contributed by atoms with Crippen molar-refractivity contribution in [3.05, 3.63) is 0 Å². The van der Waals surface area contributed by atoms with Crippen molar-refractivity contribution in [3.63, 3.8) is 0 Å². The zero-order valence-electron chi connectivity index (χ0n) is 7.50. The van der Waals surface area contributed by atoms with Crippen molar-refractivity contribution >= 4 is 18.9 Å². The Morgan fingerprint density at radius 2 is 2.14 bits per heavy atom. The van der Waals surface area contributed by atoms with E-state index >= 15 is 0 Å². The molecule has 0 saturated carbocycles. The maximum atomic E-state index is 8.22. The Morgan fingerprint density at radius 1 is 1.43 bits per heavy atom. The molecule has 0 spiro atoms. The third kappa shape index (κ3) is 8.04. The summed E-state index contributed by atoms with van der Waals surface area (Å²) in [6, 6.07) is 0. The smallest absolute Gasteiger partial charge is 0.185 e. The average molecular weight is 226 g/mol. The predicted molar refractivity (Wildman–Crippen MR) is 51.5 cm³/mol. The fourth-order valence-electron chi connectivity index (χ4n) is 0.690. The molecular formula is C5H14N4O4S. The van der Waals surface area contributed by atoms with Crippen molar-refractivity contribution in [1.29, 1.82) is 0 Å². The average Bonchev–Trinajstić information content (AvgIpc) is 2.15. The lowest BCUT2D eigenvalue weighted by Crippen LogP contribution is -2.24. The fourth-order valence-corrected chi connectivity index (χ4v) is 0.764. The Bertz CT molecular complexity index is 166. The minimum Gasteiger partial charge on any atom is -0.370 e. The molecule has 0 aliphatic rings. The first-order valence-electron chi connectivity index (χ1n) is 3.83. The standard InChI is InChI=1S/C5H14N4O4S/c6-5(7)8-3-1-2-4-9(11-10)12-13-14/h10,14H,1-4H2,(H4,6,7,8). The van der Waals surface area contributed by atoms with Gasteiger partial charge < -0.3 is 11.5 Å². The van der Waals surface area contributed by atoms with Crippen LogP contribution in [0.1, 0.15) is 12.8 Å². The molecule has 8 nitrogen and oxygen atoms in total. The Morgan fingerprint density at radius 3 is 2.64 bits per heavy atom. The lowest BCUT2D eigenvalue weighted by molar-refractivity contribution is -0.568. The zero-order chi connectivity index (χ0) is 10.8. The quantitative estimate of drug-likeness (QED) is 0.0834. The Balaban J connectivity index is 3.37. The highest BCUT2D eigenvalue weighted by atomic mass is 32.1. The highest BCUT2D eigenvalue weighted by molar-refractivity contribution is 7.74. The second-order valence-corrected chi connectivity index (χ2v) is 2.45. The number of nitrogens with two attached hydrogens (primary N) is 2. The molecule has 0 radical (unpaired) electrons. The van der Waals surface area contributed by atoms with Crippen LogP contribution in [0.15, 0.2) is 4.99 Å². The van der Waals surface area contributed by atoms with E-state index in [1.807, 2.05) is 0 Å². The number of rotatable bonds is 8. The number of hydroxylamine groups is 2. The molecule has 0 fully saturated rings. The molecule has 9 heteroatoms. The SMILES string of the molecule is NC(N)=NCCCCN(OO)OOS. The third-order valence-electron chi connectivity index (χ3n) is 1.25. The molecule has 0 atom stereocenters. The van der Waals surface area contributed by atoms with Gasteiger partial charge in [0.1, 0.15) is 0 Å². The maximum Gasteiger partial charge on any atom is 0.185 e. The van der Waals surface area contributed by atoms with Gasteiger partial charge in [-0.15, -0.1) is 9.32 Å². The normalized spacial score (nSPS) is 10.5. The Kier molecular flexibility index (Phi) is 8.62. The van der Waals surface area contributed by atoms with Crippen LogP contribution >= 0.6 is 12.9 Å². The number of nitrogens with zero attached hydrogens (tertiary/aromatic N) is 2. The Hall–Kier alpha value is -0.580. The number of unbranched alkanes of at least 4 members (excludes halogenated alkanes) is 1. The van der Waals surface area contributed by atoms with Crippen LogP contribution in [0.2, 0.25) is 0 Å². The van der Waals surface area contributed by atoms with Gasteiger partial charge in [0.05, 0.1) is 6.54 Å². The minimum atomic E-state index is 0.0511. The molecule has 14 heavy (non-hydrogen) atoms. The lowest BCUT2D eigenvalue weighted by Gasteiger charge is -2.11. The summed E-state index contributed by atoms with van der Waals surface area (Å²) in [6.07, 6.45) is 1.36. The van der Waals surface area contributed by atoms with Crippen LogP contribution in [-0.4, -0.2) is 29.5 Å². The van der Waals surface area contributed by atoms with E-state index in [-0.39, 0.29) is 12.5 Å². The van der Waals surface area contributed by atoms with Crippen molar-refractivity contribution in [3.8, 4) is 0 Å². The van der Waals surface area contributed by atoms with Gasteiger partial charge in [0.2, 0.25) is 0 Å². The van der Waals surface area contributed by atoms with Crippen molar-refractivity contribution in [2.75, 3.05) is 13.1 Å². The van der Waals surface area contributed by atoms with E-state index in [9.17, 15) is 0 Å². The van der Waals surface area contributed by atoms with Crippen LogP contribution in [0.4, 0.5) is 0 Å². The van der Waals surface area contributed by atoms with Crippen LogP contribution < -0.4 is 11.5 Å². The third-order valence-corrected chi connectivity index (χ3v) is 1.32. The molecule has 0 bridgehead atoms. The van der Waals surface area contributed by atoms with Crippen molar-refractivity contribution < 1.29 is 19.6 Å². The summed E-state index contributed by atoms with van der Waals surface area (Å²) in [5.74, 6) is 0.0511. The highest BCUT2D eigenvalue weighted by Gasteiger charge is 2.05. The van der Waals surface area contributed by atoms with Gasteiger partial charge >= 0.3 is 0 Å². The first-order chi connectivity index (χ1) is 6.70. The van der Waals surface area contributed by atoms with Crippen LogP contribution in [-0.2, 0) is 14.3 Å². The van der Waals surface area contributed by atoms with Gasteiger partial charge in [-0.1, -0.05) is 4.99 Å². The number of hydrogen-bond donors (Lipinski definition) is 4. The topological polar surface area (TPSA) is 116 Å². The van der Waals surface area contributed by atoms with Crippen molar-refractivity contribution in [1.82, 2.24) is 5.23 Å². The summed E-state index contributed by atoms with van der Waals surface area (Å²) in [4.78, 5) is 11.8.